The van der Waals surface area contributed by atoms with Gasteiger partial charge in [-0.05, 0) is 30.3 Å². The van der Waals surface area contributed by atoms with Crippen LogP contribution in [0.4, 0.5) is 5.95 Å². The summed E-state index contributed by atoms with van der Waals surface area (Å²) in [6, 6.07) is 12.3. The van der Waals surface area contributed by atoms with Gasteiger partial charge in [-0.3, -0.25) is 4.79 Å². The van der Waals surface area contributed by atoms with Crippen LogP contribution in [-0.4, -0.2) is 29.7 Å². The van der Waals surface area contributed by atoms with Crippen molar-refractivity contribution in [3.05, 3.63) is 48.0 Å². The molecule has 0 aliphatic carbocycles. The first-order valence-corrected chi connectivity index (χ1v) is 6.65. The van der Waals surface area contributed by atoms with Gasteiger partial charge in [0.25, 0.3) is 5.91 Å². The van der Waals surface area contributed by atoms with Gasteiger partial charge in [0.05, 0.1) is 25.3 Å². The highest BCUT2D eigenvalue weighted by Crippen LogP contribution is 2.28. The number of methoxy groups -OCH3 is 2. The molecule has 0 aliphatic heterocycles. The summed E-state index contributed by atoms with van der Waals surface area (Å²) in [6.45, 7) is 0. The molecule has 0 spiro atoms. The smallest absolute Gasteiger partial charge is 0.265 e. The number of imidazole rings is 1. The minimum atomic E-state index is -0.271. The van der Waals surface area contributed by atoms with Crippen molar-refractivity contribution in [2.24, 2.45) is 0 Å². The molecular weight excluding hydrogens is 318 g/mol. The standard InChI is InChI=1S/C16H15N3O3.ClH/c1-21-13-8-7-10(9-14(13)22-2)15(20)19-12-6-4-3-5-11(12)18-16(19)17;/h3-9H,1-2H3,(H2,17,18);1H. The minimum absolute atomic E-state index is 0. The van der Waals surface area contributed by atoms with Gasteiger partial charge >= 0.3 is 0 Å². The molecule has 1 heterocycles. The third kappa shape index (κ3) is 2.80. The zero-order valence-corrected chi connectivity index (χ0v) is 13.5. The Bertz CT molecular complexity index is 861. The van der Waals surface area contributed by atoms with Gasteiger partial charge in [-0.25, -0.2) is 9.55 Å². The number of aromatic nitrogens is 2. The van der Waals surface area contributed by atoms with Crippen molar-refractivity contribution in [2.75, 3.05) is 20.0 Å². The van der Waals surface area contributed by atoms with Crippen molar-refractivity contribution in [3.8, 4) is 11.5 Å². The van der Waals surface area contributed by atoms with Gasteiger partial charge in [0, 0.05) is 5.56 Å². The Hall–Kier alpha value is -2.73. The molecule has 0 radical (unpaired) electrons. The molecular formula is C16H16ClN3O3. The number of ether oxygens (including phenoxy) is 2. The lowest BCUT2D eigenvalue weighted by Crippen LogP contribution is -2.14. The van der Waals surface area contributed by atoms with E-state index in [0.717, 1.165) is 0 Å². The van der Waals surface area contributed by atoms with E-state index in [9.17, 15) is 4.79 Å². The number of rotatable bonds is 3. The van der Waals surface area contributed by atoms with Crippen LogP contribution in [0.5, 0.6) is 11.5 Å². The number of carbonyl (C=O) groups excluding carboxylic acids is 1. The maximum Gasteiger partial charge on any atom is 0.265 e. The largest absolute Gasteiger partial charge is 0.493 e. The summed E-state index contributed by atoms with van der Waals surface area (Å²) in [5.74, 6) is 0.923. The number of nitrogens with two attached hydrogens (primary N) is 1. The van der Waals surface area contributed by atoms with Crippen LogP contribution in [-0.2, 0) is 0 Å². The third-order valence-corrected chi connectivity index (χ3v) is 3.42. The van der Waals surface area contributed by atoms with Crippen LogP contribution in [0.15, 0.2) is 42.5 Å². The van der Waals surface area contributed by atoms with E-state index in [1.54, 1.807) is 31.4 Å². The maximum atomic E-state index is 12.8. The zero-order valence-electron chi connectivity index (χ0n) is 12.6. The lowest BCUT2D eigenvalue weighted by Gasteiger charge is -2.10. The number of hydrogen-bond acceptors (Lipinski definition) is 5. The van der Waals surface area contributed by atoms with Gasteiger partial charge in [0.15, 0.2) is 11.5 Å². The van der Waals surface area contributed by atoms with E-state index in [1.165, 1.54) is 11.7 Å². The summed E-state index contributed by atoms with van der Waals surface area (Å²) >= 11 is 0. The number of fused-ring (bicyclic) bond motifs is 1. The Kier molecular flexibility index (Phi) is 4.76. The van der Waals surface area contributed by atoms with Gasteiger partial charge < -0.3 is 15.2 Å². The van der Waals surface area contributed by atoms with Gasteiger partial charge in [0.1, 0.15) is 0 Å². The van der Waals surface area contributed by atoms with Crippen molar-refractivity contribution in [3.63, 3.8) is 0 Å². The van der Waals surface area contributed by atoms with Gasteiger partial charge in [-0.15, -0.1) is 12.4 Å². The van der Waals surface area contributed by atoms with Gasteiger partial charge in [-0.2, -0.15) is 0 Å². The molecule has 23 heavy (non-hydrogen) atoms. The first kappa shape index (κ1) is 16.6. The highest BCUT2D eigenvalue weighted by Gasteiger charge is 2.18. The molecule has 0 atom stereocenters. The average molecular weight is 334 g/mol. The Labute approximate surface area is 139 Å². The monoisotopic (exact) mass is 333 g/mol. The van der Waals surface area contributed by atoms with Crippen LogP contribution in [0, 0.1) is 0 Å². The van der Waals surface area contributed by atoms with Crippen molar-refractivity contribution in [1.82, 2.24) is 9.55 Å². The van der Waals surface area contributed by atoms with Crippen molar-refractivity contribution in [1.29, 1.82) is 0 Å². The normalized spacial score (nSPS) is 10.2. The topological polar surface area (TPSA) is 79.4 Å². The molecule has 0 amide bonds. The summed E-state index contributed by atoms with van der Waals surface area (Å²) in [7, 11) is 3.06. The maximum absolute atomic E-state index is 12.8. The SMILES string of the molecule is COc1ccc(C(=O)n2c(N)nc3ccccc32)cc1OC.Cl. The second-order valence-electron chi connectivity index (χ2n) is 4.67. The van der Waals surface area contributed by atoms with Crippen molar-refractivity contribution < 1.29 is 14.3 Å². The van der Waals surface area contributed by atoms with Crippen LogP contribution in [0.2, 0.25) is 0 Å². The molecule has 120 valence electrons. The summed E-state index contributed by atoms with van der Waals surface area (Å²) < 4.78 is 11.8. The third-order valence-electron chi connectivity index (χ3n) is 3.42. The molecule has 0 unspecified atom stereocenters. The zero-order chi connectivity index (χ0) is 15.7. The molecule has 7 heteroatoms. The van der Waals surface area contributed by atoms with E-state index in [1.807, 2.05) is 18.2 Å². The first-order chi connectivity index (χ1) is 10.7. The van der Waals surface area contributed by atoms with Crippen LogP contribution < -0.4 is 15.2 Å². The number of hydrogen-bond donors (Lipinski definition) is 1. The summed E-state index contributed by atoms with van der Waals surface area (Å²) in [5.41, 5.74) is 7.67. The summed E-state index contributed by atoms with van der Waals surface area (Å²) in [6.07, 6.45) is 0. The number of carbonyl (C=O) groups is 1. The fraction of sp³-hybridized carbons (Fsp3) is 0.125. The molecule has 1 aromatic heterocycles. The van der Waals surface area contributed by atoms with Gasteiger partial charge in [0.2, 0.25) is 5.95 Å². The van der Waals surface area contributed by atoms with E-state index >= 15 is 0 Å². The Balaban J connectivity index is 0.00000192. The predicted molar refractivity (Wildman–Crippen MR) is 90.7 cm³/mol. The minimum Gasteiger partial charge on any atom is -0.493 e. The highest BCUT2D eigenvalue weighted by atomic mass is 35.5. The van der Waals surface area contributed by atoms with Crippen molar-refractivity contribution in [2.45, 2.75) is 0 Å². The summed E-state index contributed by atoms with van der Waals surface area (Å²) in [5, 5.41) is 0. The molecule has 0 fully saturated rings. The van der Waals surface area contributed by atoms with Crippen LogP contribution in [0.25, 0.3) is 11.0 Å². The Morgan fingerprint density at radius 2 is 1.78 bits per heavy atom. The predicted octanol–water partition coefficient (Wildman–Crippen LogP) is 2.75. The molecule has 0 aliphatic rings. The molecule has 0 saturated carbocycles. The fourth-order valence-electron chi connectivity index (χ4n) is 2.36. The number of halogens is 1. The first-order valence-electron chi connectivity index (χ1n) is 6.65. The molecule has 0 saturated heterocycles. The van der Waals surface area contributed by atoms with Crippen LogP contribution in [0.3, 0.4) is 0 Å². The lowest BCUT2D eigenvalue weighted by molar-refractivity contribution is 0.0966. The van der Waals surface area contributed by atoms with Crippen molar-refractivity contribution >= 4 is 35.3 Å². The number of para-hydroxylation sites is 2. The van der Waals surface area contributed by atoms with Crippen LogP contribution >= 0.6 is 12.4 Å². The fourth-order valence-corrected chi connectivity index (χ4v) is 2.36. The molecule has 6 nitrogen and oxygen atoms in total. The number of nitrogen functional groups attached to an aromatic ring is 1. The molecule has 3 aromatic rings. The quantitative estimate of drug-likeness (QED) is 0.797. The number of benzene rings is 2. The molecule has 3 rings (SSSR count). The van der Waals surface area contributed by atoms with E-state index < -0.39 is 0 Å². The average Bonchev–Trinajstić information content (AvgIpc) is 2.89. The van der Waals surface area contributed by atoms with E-state index in [4.69, 9.17) is 15.2 Å². The van der Waals surface area contributed by atoms with Gasteiger partial charge in [-0.1, -0.05) is 12.1 Å². The molecule has 0 bridgehead atoms. The van der Waals surface area contributed by atoms with Crippen LogP contribution in [0.1, 0.15) is 10.4 Å². The van der Waals surface area contributed by atoms with E-state index in [-0.39, 0.29) is 24.3 Å². The number of nitrogens with zero attached hydrogens (tertiary/aromatic N) is 2. The molecule has 2 aromatic carbocycles. The second kappa shape index (κ2) is 6.58. The Morgan fingerprint density at radius 3 is 2.48 bits per heavy atom. The summed E-state index contributed by atoms with van der Waals surface area (Å²) in [4.78, 5) is 17.0. The molecule has 2 N–H and O–H groups in total. The Morgan fingerprint density at radius 1 is 1.09 bits per heavy atom. The lowest BCUT2D eigenvalue weighted by atomic mass is 10.2. The van der Waals surface area contributed by atoms with E-state index in [0.29, 0.717) is 28.1 Å². The van der Waals surface area contributed by atoms with E-state index in [2.05, 4.69) is 4.98 Å². The number of anilines is 1. The second-order valence-corrected chi connectivity index (χ2v) is 4.67. The highest BCUT2D eigenvalue weighted by molar-refractivity contribution is 6.03.